The van der Waals surface area contributed by atoms with Crippen LogP contribution >= 0.6 is 23.8 Å². The lowest BCUT2D eigenvalue weighted by molar-refractivity contribution is -0.130. The quantitative estimate of drug-likeness (QED) is 0.702. The number of carbonyl (C=O) groups is 1. The number of thiocarbonyl (C=S) groups is 1. The van der Waals surface area contributed by atoms with Crippen molar-refractivity contribution in [1.82, 2.24) is 9.80 Å². The summed E-state index contributed by atoms with van der Waals surface area (Å²) in [7, 11) is 1.63. The maximum atomic E-state index is 11.6. The Balaban J connectivity index is 2.12. The largest absolute Gasteiger partial charge is 0.495 e. The van der Waals surface area contributed by atoms with Gasteiger partial charge in [0.15, 0.2) is 5.11 Å². The van der Waals surface area contributed by atoms with Crippen LogP contribution < -0.4 is 10.1 Å². The summed E-state index contributed by atoms with van der Waals surface area (Å²) in [6.07, 6.45) is 2.90. The second kappa shape index (κ2) is 10.1. The fourth-order valence-electron chi connectivity index (χ4n) is 3.30. The Bertz CT molecular complexity index is 661. The lowest BCUT2D eigenvalue weighted by Crippen LogP contribution is -2.50. The number of amides is 1. The van der Waals surface area contributed by atoms with Crippen LogP contribution in [0.25, 0.3) is 0 Å². The number of halogens is 1. The number of likely N-dealkylation sites (tertiary alicyclic amines) is 1. The molecule has 0 aromatic heterocycles. The van der Waals surface area contributed by atoms with Gasteiger partial charge < -0.3 is 19.9 Å². The molecule has 0 atom stereocenters. The van der Waals surface area contributed by atoms with E-state index in [1.807, 2.05) is 17.0 Å². The molecule has 7 heteroatoms. The van der Waals surface area contributed by atoms with Crippen molar-refractivity contribution < 1.29 is 9.53 Å². The minimum atomic E-state index is 0.145. The van der Waals surface area contributed by atoms with Gasteiger partial charge in [-0.3, -0.25) is 4.79 Å². The summed E-state index contributed by atoms with van der Waals surface area (Å²) in [5, 5.41) is 4.63. The maximum absolute atomic E-state index is 11.6. The molecule has 0 radical (unpaired) electrons. The van der Waals surface area contributed by atoms with Crippen LogP contribution in [-0.4, -0.2) is 53.6 Å². The highest BCUT2D eigenvalue weighted by Crippen LogP contribution is 2.29. The van der Waals surface area contributed by atoms with Gasteiger partial charge in [-0.15, -0.1) is 0 Å². The SMILES string of the molecule is COc1ccc(Cl)cc1NC(=S)N(CCC(C)C)C1CCN(C(C)=O)CC1. The first-order valence-electron chi connectivity index (χ1n) is 9.48. The third-order valence-corrected chi connectivity index (χ3v) is 5.53. The van der Waals surface area contributed by atoms with Gasteiger partial charge in [-0.2, -0.15) is 0 Å². The fraction of sp³-hybridized carbons (Fsp3) is 0.600. The van der Waals surface area contributed by atoms with E-state index in [0.29, 0.717) is 27.8 Å². The first kappa shape index (κ1) is 21.8. The molecule has 1 heterocycles. The van der Waals surface area contributed by atoms with Gasteiger partial charge >= 0.3 is 0 Å². The molecule has 1 amide bonds. The molecule has 1 saturated heterocycles. The van der Waals surface area contributed by atoms with Crippen LogP contribution in [0.2, 0.25) is 5.02 Å². The highest BCUT2D eigenvalue weighted by atomic mass is 35.5. The van der Waals surface area contributed by atoms with E-state index >= 15 is 0 Å². The number of nitrogens with one attached hydrogen (secondary N) is 1. The number of benzene rings is 1. The number of piperidine rings is 1. The monoisotopic (exact) mass is 411 g/mol. The van der Waals surface area contributed by atoms with Crippen LogP contribution in [0.4, 0.5) is 5.69 Å². The third-order valence-electron chi connectivity index (χ3n) is 4.96. The van der Waals surface area contributed by atoms with Crippen LogP contribution in [0.3, 0.4) is 0 Å². The molecule has 1 fully saturated rings. The molecule has 1 aliphatic heterocycles. The van der Waals surface area contributed by atoms with E-state index in [9.17, 15) is 4.79 Å². The smallest absolute Gasteiger partial charge is 0.219 e. The van der Waals surface area contributed by atoms with E-state index in [1.54, 1.807) is 20.1 Å². The van der Waals surface area contributed by atoms with Gasteiger partial charge in [-0.25, -0.2) is 0 Å². The van der Waals surface area contributed by atoms with Gasteiger partial charge in [0, 0.05) is 37.6 Å². The Morgan fingerprint density at radius 3 is 2.63 bits per heavy atom. The van der Waals surface area contributed by atoms with Crippen molar-refractivity contribution >= 4 is 40.5 Å². The third kappa shape index (κ3) is 6.25. The summed E-state index contributed by atoms with van der Waals surface area (Å²) in [6, 6.07) is 5.77. The molecule has 150 valence electrons. The van der Waals surface area contributed by atoms with Crippen molar-refractivity contribution in [3.63, 3.8) is 0 Å². The predicted octanol–water partition coefficient (Wildman–Crippen LogP) is 4.40. The summed E-state index contributed by atoms with van der Waals surface area (Å²) in [4.78, 5) is 15.8. The number of hydrogen-bond acceptors (Lipinski definition) is 3. The van der Waals surface area contributed by atoms with Gasteiger partial charge in [-0.05, 0) is 55.6 Å². The van der Waals surface area contributed by atoms with Gasteiger partial charge in [0.25, 0.3) is 0 Å². The summed E-state index contributed by atoms with van der Waals surface area (Å²) in [5.41, 5.74) is 0.769. The van der Waals surface area contributed by atoms with Crippen LogP contribution in [0, 0.1) is 5.92 Å². The van der Waals surface area contributed by atoms with Crippen molar-refractivity contribution in [3.8, 4) is 5.75 Å². The van der Waals surface area contributed by atoms with Gasteiger partial charge in [0.1, 0.15) is 5.75 Å². The predicted molar refractivity (Wildman–Crippen MR) is 116 cm³/mol. The summed E-state index contributed by atoms with van der Waals surface area (Å²) in [5.74, 6) is 1.44. The van der Waals surface area contributed by atoms with Crippen molar-refractivity contribution in [1.29, 1.82) is 0 Å². The average Bonchev–Trinajstić information content (AvgIpc) is 2.62. The van der Waals surface area contributed by atoms with Crippen molar-refractivity contribution in [2.75, 3.05) is 32.1 Å². The Hall–Kier alpha value is -1.53. The minimum Gasteiger partial charge on any atom is -0.495 e. The zero-order valence-electron chi connectivity index (χ0n) is 16.6. The Morgan fingerprint density at radius 2 is 2.07 bits per heavy atom. The lowest BCUT2D eigenvalue weighted by Gasteiger charge is -2.40. The molecule has 0 saturated carbocycles. The summed E-state index contributed by atoms with van der Waals surface area (Å²) >= 11 is 11.9. The molecule has 0 spiro atoms. The molecular weight excluding hydrogens is 382 g/mol. The fourth-order valence-corrected chi connectivity index (χ4v) is 3.83. The summed E-state index contributed by atoms with van der Waals surface area (Å²) in [6.45, 7) is 8.51. The molecule has 1 aliphatic rings. The second-order valence-corrected chi connectivity index (χ2v) is 8.21. The van der Waals surface area contributed by atoms with Crippen LogP contribution in [0.5, 0.6) is 5.75 Å². The molecule has 1 aromatic carbocycles. The Kier molecular flexibility index (Phi) is 8.17. The Labute approximate surface area is 173 Å². The standard InChI is InChI=1S/C20H30ClN3O2S/c1-14(2)7-12-24(17-8-10-23(11-9-17)15(3)25)20(27)22-18-13-16(21)5-6-19(18)26-4/h5-6,13-14,17H,7-12H2,1-4H3,(H,22,27). The molecule has 1 N–H and O–H groups in total. The first-order valence-corrected chi connectivity index (χ1v) is 10.3. The van der Waals surface area contributed by atoms with Gasteiger partial charge in [0.2, 0.25) is 5.91 Å². The van der Waals surface area contributed by atoms with Gasteiger partial charge in [0.05, 0.1) is 12.8 Å². The molecule has 5 nitrogen and oxygen atoms in total. The second-order valence-electron chi connectivity index (χ2n) is 7.39. The molecule has 27 heavy (non-hydrogen) atoms. The molecule has 0 aliphatic carbocycles. The van der Waals surface area contributed by atoms with E-state index in [0.717, 1.165) is 44.6 Å². The molecule has 0 unspecified atom stereocenters. The number of methoxy groups -OCH3 is 1. The van der Waals surface area contributed by atoms with Crippen molar-refractivity contribution in [2.45, 2.75) is 46.1 Å². The van der Waals surface area contributed by atoms with E-state index < -0.39 is 0 Å². The first-order chi connectivity index (χ1) is 12.8. The molecule has 0 bridgehead atoms. The van der Waals surface area contributed by atoms with Crippen molar-refractivity contribution in [3.05, 3.63) is 23.2 Å². The minimum absolute atomic E-state index is 0.145. The number of carbonyl (C=O) groups excluding carboxylic acids is 1. The zero-order valence-corrected chi connectivity index (χ0v) is 18.2. The normalized spacial score (nSPS) is 15.0. The number of rotatable bonds is 6. The van der Waals surface area contributed by atoms with E-state index in [-0.39, 0.29) is 5.91 Å². The van der Waals surface area contributed by atoms with Crippen LogP contribution in [0.15, 0.2) is 18.2 Å². The molecular formula is C20H30ClN3O2S. The van der Waals surface area contributed by atoms with E-state index in [1.165, 1.54) is 0 Å². The number of ether oxygens (including phenoxy) is 1. The highest BCUT2D eigenvalue weighted by molar-refractivity contribution is 7.80. The summed E-state index contributed by atoms with van der Waals surface area (Å²) < 4.78 is 5.42. The van der Waals surface area contributed by atoms with Crippen LogP contribution in [0.1, 0.15) is 40.0 Å². The topological polar surface area (TPSA) is 44.8 Å². The van der Waals surface area contributed by atoms with Gasteiger partial charge in [-0.1, -0.05) is 25.4 Å². The highest BCUT2D eigenvalue weighted by Gasteiger charge is 2.27. The Morgan fingerprint density at radius 1 is 1.41 bits per heavy atom. The number of anilines is 1. The molecule has 2 rings (SSSR count). The average molecular weight is 412 g/mol. The zero-order chi connectivity index (χ0) is 20.0. The van der Waals surface area contributed by atoms with E-state index in [4.69, 9.17) is 28.6 Å². The molecule has 1 aromatic rings. The number of hydrogen-bond donors (Lipinski definition) is 1. The maximum Gasteiger partial charge on any atom is 0.219 e. The van der Waals surface area contributed by atoms with Crippen LogP contribution in [-0.2, 0) is 4.79 Å². The number of nitrogens with zero attached hydrogens (tertiary/aromatic N) is 2. The lowest BCUT2D eigenvalue weighted by atomic mass is 10.0. The van der Waals surface area contributed by atoms with Crippen molar-refractivity contribution in [2.24, 2.45) is 5.92 Å². The van der Waals surface area contributed by atoms with E-state index in [2.05, 4.69) is 24.1 Å².